The Hall–Kier alpha value is -3.91. The number of benzene rings is 3. The van der Waals surface area contributed by atoms with Gasteiger partial charge in [-0.2, -0.15) is 0 Å². The average Bonchev–Trinajstić information content (AvgIpc) is 3.04. The molecule has 0 radical (unpaired) electrons. The second-order valence-electron chi connectivity index (χ2n) is 11.2. The molecule has 2 aliphatic heterocycles. The molecule has 0 spiro atoms. The van der Waals surface area contributed by atoms with Crippen molar-refractivity contribution in [3.8, 4) is 23.0 Å². The lowest BCUT2D eigenvalue weighted by Crippen LogP contribution is -2.51. The van der Waals surface area contributed by atoms with E-state index < -0.39 is 0 Å². The Labute approximate surface area is 262 Å². The normalized spacial score (nSPS) is 16.8. The van der Waals surface area contributed by atoms with Gasteiger partial charge in [0.1, 0.15) is 0 Å². The van der Waals surface area contributed by atoms with Crippen molar-refractivity contribution in [1.29, 1.82) is 0 Å². The van der Waals surface area contributed by atoms with Crippen molar-refractivity contribution in [3.05, 3.63) is 77.4 Å². The lowest BCUT2D eigenvalue weighted by molar-refractivity contribution is -0.135. The Morgan fingerprint density at radius 3 is 1.98 bits per heavy atom. The van der Waals surface area contributed by atoms with Crippen molar-refractivity contribution in [1.82, 2.24) is 9.80 Å². The Morgan fingerprint density at radius 2 is 1.32 bits per heavy atom. The third kappa shape index (κ3) is 7.41. The van der Waals surface area contributed by atoms with Crippen LogP contribution in [0.1, 0.15) is 50.4 Å². The van der Waals surface area contributed by atoms with Crippen LogP contribution >= 0.6 is 0 Å². The Kier molecular flexibility index (Phi) is 10.9. The number of carbonyl (C=O) groups excluding carboxylic acids is 1. The van der Waals surface area contributed by atoms with E-state index in [9.17, 15) is 4.79 Å². The van der Waals surface area contributed by atoms with Crippen molar-refractivity contribution in [2.75, 3.05) is 70.6 Å². The van der Waals surface area contributed by atoms with Crippen molar-refractivity contribution >= 4 is 11.6 Å². The number of fused-ring (bicyclic) bond motifs is 1. The molecule has 8 nitrogen and oxygen atoms in total. The van der Waals surface area contributed by atoms with Crippen molar-refractivity contribution < 1.29 is 23.7 Å². The lowest BCUT2D eigenvalue weighted by Gasteiger charge is -2.40. The van der Waals surface area contributed by atoms with Crippen molar-refractivity contribution in [3.63, 3.8) is 0 Å². The van der Waals surface area contributed by atoms with Crippen LogP contribution in [0.5, 0.6) is 23.0 Å². The minimum Gasteiger partial charge on any atom is -0.490 e. The summed E-state index contributed by atoms with van der Waals surface area (Å²) in [6, 6.07) is 20.7. The molecule has 1 atom stereocenters. The van der Waals surface area contributed by atoms with Gasteiger partial charge in [-0.15, -0.1) is 0 Å². The topological polar surface area (TPSA) is 63.7 Å². The van der Waals surface area contributed by atoms with Crippen LogP contribution in [0.4, 0.5) is 5.69 Å². The van der Waals surface area contributed by atoms with Gasteiger partial charge < -0.3 is 28.7 Å². The molecule has 5 rings (SSSR count). The first-order valence-electron chi connectivity index (χ1n) is 16.2. The summed E-state index contributed by atoms with van der Waals surface area (Å²) >= 11 is 0. The quantitative estimate of drug-likeness (QED) is 0.246. The molecular weight excluding hydrogens is 554 g/mol. The molecule has 0 aliphatic carbocycles. The fraction of sp³-hybridized carbons (Fsp3) is 0.472. The van der Waals surface area contributed by atoms with Crippen LogP contribution in [-0.2, 0) is 17.6 Å². The molecule has 3 aromatic rings. The number of anilines is 1. The summed E-state index contributed by atoms with van der Waals surface area (Å²) in [4.78, 5) is 20.9. The van der Waals surface area contributed by atoms with Gasteiger partial charge in [0.2, 0.25) is 5.91 Å². The second kappa shape index (κ2) is 15.2. The fourth-order valence-electron chi connectivity index (χ4n) is 6.30. The number of amides is 1. The Balaban J connectivity index is 1.40. The molecule has 0 unspecified atom stereocenters. The molecule has 2 heterocycles. The van der Waals surface area contributed by atoms with E-state index >= 15 is 0 Å². The average molecular weight is 602 g/mol. The summed E-state index contributed by atoms with van der Waals surface area (Å²) in [5, 5.41) is 0. The first-order chi connectivity index (χ1) is 21.5. The third-order valence-corrected chi connectivity index (χ3v) is 8.37. The predicted octanol–water partition coefficient (Wildman–Crippen LogP) is 5.77. The highest BCUT2D eigenvalue weighted by Gasteiger charge is 2.34. The molecule has 0 saturated carbocycles. The highest BCUT2D eigenvalue weighted by Crippen LogP contribution is 2.41. The minimum absolute atomic E-state index is 0.140. The SMILES string of the molecule is CCOc1ccc(C[C@H]2c3cc(OCC)c(OCC)cc3CCN2C(=O)CN2CCN(c3ccccc3)CC2)cc1OCC. The summed E-state index contributed by atoms with van der Waals surface area (Å²) in [6.07, 6.45) is 1.44. The van der Waals surface area contributed by atoms with Gasteiger partial charge in [0.25, 0.3) is 0 Å². The summed E-state index contributed by atoms with van der Waals surface area (Å²) in [5.41, 5.74) is 4.66. The van der Waals surface area contributed by atoms with E-state index in [-0.39, 0.29) is 11.9 Å². The van der Waals surface area contributed by atoms with Gasteiger partial charge in [-0.1, -0.05) is 24.3 Å². The fourth-order valence-corrected chi connectivity index (χ4v) is 6.30. The molecule has 2 aliphatic rings. The molecular formula is C36H47N3O5. The molecule has 1 amide bonds. The lowest BCUT2D eigenvalue weighted by atomic mass is 9.88. The molecule has 0 bridgehead atoms. The standard InChI is InChI=1S/C36H47N3O5/c1-5-41-32-15-14-27(23-33(32)42-6-2)22-31-30-25-35(44-8-4)34(43-7-3)24-28(30)16-17-39(31)36(40)26-37-18-20-38(21-19-37)29-12-10-9-11-13-29/h9-15,23-25,31H,5-8,16-22,26H2,1-4H3/t31-/m0/s1. The van der Waals surface area contributed by atoms with Crippen LogP contribution < -0.4 is 23.8 Å². The Morgan fingerprint density at radius 1 is 0.705 bits per heavy atom. The van der Waals surface area contributed by atoms with E-state index in [1.165, 1.54) is 11.3 Å². The highest BCUT2D eigenvalue weighted by atomic mass is 16.5. The van der Waals surface area contributed by atoms with E-state index in [0.717, 1.165) is 66.7 Å². The zero-order valence-corrected chi connectivity index (χ0v) is 26.7. The largest absolute Gasteiger partial charge is 0.490 e. The van der Waals surface area contributed by atoms with E-state index in [1.807, 2.05) is 39.8 Å². The zero-order valence-electron chi connectivity index (χ0n) is 26.7. The maximum atomic E-state index is 14.1. The minimum atomic E-state index is -0.140. The van der Waals surface area contributed by atoms with Gasteiger partial charge in [0.15, 0.2) is 23.0 Å². The number of nitrogens with zero attached hydrogens (tertiary/aromatic N) is 3. The summed E-state index contributed by atoms with van der Waals surface area (Å²) in [6.45, 7) is 14.8. The van der Waals surface area contributed by atoms with Crippen molar-refractivity contribution in [2.45, 2.75) is 46.6 Å². The maximum absolute atomic E-state index is 14.1. The number of hydrogen-bond acceptors (Lipinski definition) is 7. The maximum Gasteiger partial charge on any atom is 0.237 e. The number of ether oxygens (including phenoxy) is 4. The molecule has 3 aromatic carbocycles. The summed E-state index contributed by atoms with van der Waals surface area (Å²) in [7, 11) is 0. The van der Waals surface area contributed by atoms with E-state index in [2.05, 4.69) is 63.2 Å². The van der Waals surface area contributed by atoms with Gasteiger partial charge >= 0.3 is 0 Å². The molecule has 236 valence electrons. The van der Waals surface area contributed by atoms with Crippen molar-refractivity contribution in [2.24, 2.45) is 0 Å². The van der Waals surface area contributed by atoms with Gasteiger partial charge in [-0.3, -0.25) is 9.69 Å². The van der Waals surface area contributed by atoms with Gasteiger partial charge in [-0.25, -0.2) is 0 Å². The highest BCUT2D eigenvalue weighted by molar-refractivity contribution is 5.79. The van der Waals surface area contributed by atoms with Gasteiger partial charge in [0.05, 0.1) is 39.0 Å². The smallest absolute Gasteiger partial charge is 0.237 e. The summed E-state index contributed by atoms with van der Waals surface area (Å²) in [5.74, 6) is 3.13. The molecule has 0 N–H and O–H groups in total. The number of piperazine rings is 1. The predicted molar refractivity (Wildman–Crippen MR) is 175 cm³/mol. The molecule has 44 heavy (non-hydrogen) atoms. The van der Waals surface area contributed by atoms with Crippen LogP contribution in [0.3, 0.4) is 0 Å². The number of carbonyl (C=O) groups is 1. The number of hydrogen-bond donors (Lipinski definition) is 0. The first kappa shape index (κ1) is 31.5. The van der Waals surface area contributed by atoms with E-state index in [4.69, 9.17) is 18.9 Å². The van der Waals surface area contributed by atoms with Crippen LogP contribution in [-0.4, -0.2) is 81.4 Å². The Bertz CT molecular complexity index is 1370. The second-order valence-corrected chi connectivity index (χ2v) is 11.2. The van der Waals surface area contributed by atoms with E-state index in [1.54, 1.807) is 0 Å². The zero-order chi connectivity index (χ0) is 30.9. The van der Waals surface area contributed by atoms with Crippen LogP contribution in [0.25, 0.3) is 0 Å². The van der Waals surface area contributed by atoms with Crippen LogP contribution in [0.2, 0.25) is 0 Å². The molecule has 1 saturated heterocycles. The van der Waals surface area contributed by atoms with Gasteiger partial charge in [-0.05, 0) is 93.6 Å². The van der Waals surface area contributed by atoms with Crippen LogP contribution in [0, 0.1) is 0 Å². The molecule has 0 aromatic heterocycles. The molecule has 1 fully saturated rings. The number of rotatable bonds is 13. The number of para-hydroxylation sites is 1. The van der Waals surface area contributed by atoms with E-state index in [0.29, 0.717) is 45.9 Å². The monoisotopic (exact) mass is 601 g/mol. The van der Waals surface area contributed by atoms with Crippen LogP contribution in [0.15, 0.2) is 60.7 Å². The van der Waals surface area contributed by atoms with Gasteiger partial charge in [0, 0.05) is 38.4 Å². The first-order valence-corrected chi connectivity index (χ1v) is 16.2. The molecule has 8 heteroatoms. The third-order valence-electron chi connectivity index (χ3n) is 8.37. The summed E-state index contributed by atoms with van der Waals surface area (Å²) < 4.78 is 23.8.